The highest BCUT2D eigenvalue weighted by Crippen LogP contribution is 2.45. The van der Waals surface area contributed by atoms with Crippen LogP contribution in [-0.2, 0) is 19.3 Å². The van der Waals surface area contributed by atoms with Gasteiger partial charge in [-0.1, -0.05) is 147 Å². The minimum absolute atomic E-state index is 0. The van der Waals surface area contributed by atoms with Crippen LogP contribution in [0, 0.1) is 133 Å². The summed E-state index contributed by atoms with van der Waals surface area (Å²) in [5.41, 5.74) is 18.0. The SMILES string of the molecule is Cc1cc(CC2CCC(C)CC2)cc(C)c1C.Cc1cc(CC2CCC(CC3CCC(C)CC3)CC2)cc(C)c1C.Cc1cc(CC2CCC(CC3CCC(C4CCC(C)CC4)CC3)CC2)cc(C)c1C.[B]. The largest absolute Gasteiger partial charge is 0.0625 e. The Kier molecular flexibility index (Phi) is 23.5. The maximum Gasteiger partial charge on any atom is 0 e. The predicted molar refractivity (Wildman–Crippen MR) is 318 cm³/mol. The van der Waals surface area contributed by atoms with Gasteiger partial charge in [-0.2, -0.15) is 0 Å². The molecule has 399 valence electrons. The van der Waals surface area contributed by atoms with Gasteiger partial charge in [0.2, 0.25) is 0 Å². The second-order valence-electron chi connectivity index (χ2n) is 27.5. The second kappa shape index (κ2) is 28.7. The van der Waals surface area contributed by atoms with E-state index in [1.807, 2.05) is 0 Å². The molecule has 6 saturated carbocycles. The van der Waals surface area contributed by atoms with Gasteiger partial charge in [-0.3, -0.25) is 0 Å². The molecule has 6 fully saturated rings. The Morgan fingerprint density at radius 2 is 0.444 bits per heavy atom. The number of hydrogen-bond acceptors (Lipinski definition) is 0. The fraction of sp³-hybridized carbons (Fsp3) is 0.746. The molecule has 0 atom stereocenters. The lowest BCUT2D eigenvalue weighted by molar-refractivity contribution is 0.133. The van der Waals surface area contributed by atoms with E-state index in [4.69, 9.17) is 0 Å². The topological polar surface area (TPSA) is 0 Å². The van der Waals surface area contributed by atoms with Crippen molar-refractivity contribution >= 4 is 8.41 Å². The second-order valence-corrected chi connectivity index (χ2v) is 27.5. The van der Waals surface area contributed by atoms with Crippen LogP contribution in [0.3, 0.4) is 0 Å². The first-order chi connectivity index (χ1) is 34.0. The van der Waals surface area contributed by atoms with Crippen molar-refractivity contribution in [3.05, 3.63) is 103 Å². The Labute approximate surface area is 449 Å². The fourth-order valence-corrected chi connectivity index (χ4v) is 15.8. The van der Waals surface area contributed by atoms with Gasteiger partial charge in [0.15, 0.2) is 0 Å². The summed E-state index contributed by atoms with van der Waals surface area (Å²) in [7, 11) is 0. The predicted octanol–water partition coefficient (Wildman–Crippen LogP) is 20.8. The summed E-state index contributed by atoms with van der Waals surface area (Å²) in [6.45, 7) is 27.7. The third kappa shape index (κ3) is 17.9. The Bertz CT molecular complexity index is 1970. The molecule has 0 unspecified atom stereocenters. The molecule has 0 N–H and O–H groups in total. The van der Waals surface area contributed by atoms with Crippen LogP contribution < -0.4 is 0 Å². The van der Waals surface area contributed by atoms with Crippen LogP contribution >= 0.6 is 0 Å². The third-order valence-corrected chi connectivity index (χ3v) is 21.7. The van der Waals surface area contributed by atoms with Crippen molar-refractivity contribution in [2.24, 2.45) is 71.0 Å². The number of aryl methyl sites for hydroxylation is 6. The Hall–Kier alpha value is -2.28. The fourth-order valence-electron chi connectivity index (χ4n) is 15.8. The number of hydrogen-bond donors (Lipinski definition) is 0. The van der Waals surface area contributed by atoms with Gasteiger partial charge in [-0.05, 0) is 296 Å². The summed E-state index contributed by atoms with van der Waals surface area (Å²) in [5.74, 6) is 12.2. The van der Waals surface area contributed by atoms with Gasteiger partial charge in [0.25, 0.3) is 0 Å². The summed E-state index contributed by atoms with van der Waals surface area (Å²) in [4.78, 5) is 0. The van der Waals surface area contributed by atoms with Crippen LogP contribution in [0.25, 0.3) is 0 Å². The number of benzene rings is 3. The van der Waals surface area contributed by atoms with E-state index in [1.165, 1.54) is 185 Å². The minimum Gasteiger partial charge on any atom is -0.0625 e. The van der Waals surface area contributed by atoms with Crippen LogP contribution in [-0.4, -0.2) is 8.41 Å². The van der Waals surface area contributed by atoms with Crippen molar-refractivity contribution in [3.8, 4) is 0 Å². The molecule has 0 heterocycles. The summed E-state index contributed by atoms with van der Waals surface area (Å²) in [5, 5.41) is 0. The molecule has 72 heavy (non-hydrogen) atoms. The van der Waals surface area contributed by atoms with E-state index < -0.39 is 0 Å². The highest BCUT2D eigenvalue weighted by molar-refractivity contribution is 5.75. The van der Waals surface area contributed by atoms with E-state index in [0.29, 0.717) is 0 Å². The molecule has 3 radical (unpaired) electrons. The first-order valence-corrected chi connectivity index (χ1v) is 31.2. The van der Waals surface area contributed by atoms with Gasteiger partial charge in [-0.25, -0.2) is 0 Å². The molecule has 0 saturated heterocycles. The summed E-state index contributed by atoms with van der Waals surface area (Å²) in [6, 6.07) is 14.6. The lowest BCUT2D eigenvalue weighted by Gasteiger charge is -2.38. The van der Waals surface area contributed by atoms with E-state index >= 15 is 0 Å². The molecule has 3 aromatic carbocycles. The zero-order chi connectivity index (χ0) is 50.6. The monoisotopic (exact) mass is 976 g/mol. The zero-order valence-corrected chi connectivity index (χ0v) is 49.5. The summed E-state index contributed by atoms with van der Waals surface area (Å²) >= 11 is 0. The van der Waals surface area contributed by atoms with Crippen LogP contribution in [0.5, 0.6) is 0 Å². The molecule has 0 aliphatic heterocycles. The number of rotatable bonds is 11. The molecule has 1 heteroatoms. The Morgan fingerprint density at radius 1 is 0.264 bits per heavy atom. The molecule has 0 nitrogen and oxygen atoms in total. The molecule has 3 aromatic rings. The van der Waals surface area contributed by atoms with Crippen molar-refractivity contribution in [2.45, 2.75) is 269 Å². The molecule has 6 aliphatic rings. The van der Waals surface area contributed by atoms with E-state index in [1.54, 1.807) is 68.1 Å². The minimum atomic E-state index is 0. The lowest BCUT2D eigenvalue weighted by Crippen LogP contribution is -2.26. The first kappa shape index (κ1) is 59.0. The van der Waals surface area contributed by atoms with Crippen molar-refractivity contribution in [2.75, 3.05) is 0 Å². The van der Waals surface area contributed by atoms with Gasteiger partial charge in [0.05, 0.1) is 0 Å². The Balaban J connectivity index is 0.000000182. The van der Waals surface area contributed by atoms with Crippen LogP contribution in [0.4, 0.5) is 0 Å². The zero-order valence-electron chi connectivity index (χ0n) is 49.5. The third-order valence-electron chi connectivity index (χ3n) is 21.7. The molecule has 0 aromatic heterocycles. The summed E-state index contributed by atoms with van der Waals surface area (Å²) < 4.78 is 0. The molecular formula is C71H112B. The molecule has 0 amide bonds. The average molecular weight is 976 g/mol. The quantitative estimate of drug-likeness (QED) is 0.168. The van der Waals surface area contributed by atoms with Gasteiger partial charge < -0.3 is 0 Å². The van der Waals surface area contributed by atoms with E-state index in [2.05, 4.69) is 119 Å². The highest BCUT2D eigenvalue weighted by atomic mass is 14.4. The van der Waals surface area contributed by atoms with Gasteiger partial charge in [-0.15, -0.1) is 0 Å². The maximum atomic E-state index is 2.46. The maximum absolute atomic E-state index is 2.46. The highest BCUT2D eigenvalue weighted by Gasteiger charge is 2.32. The van der Waals surface area contributed by atoms with Crippen molar-refractivity contribution in [1.29, 1.82) is 0 Å². The van der Waals surface area contributed by atoms with E-state index in [-0.39, 0.29) is 8.41 Å². The van der Waals surface area contributed by atoms with Crippen molar-refractivity contribution in [3.63, 3.8) is 0 Å². The van der Waals surface area contributed by atoms with Crippen LogP contribution in [0.2, 0.25) is 0 Å². The van der Waals surface area contributed by atoms with Gasteiger partial charge in [0.1, 0.15) is 0 Å². The molecule has 6 aliphatic carbocycles. The smallest absolute Gasteiger partial charge is 0 e. The Morgan fingerprint density at radius 3 is 0.708 bits per heavy atom. The lowest BCUT2D eigenvalue weighted by atomic mass is 9.67. The standard InChI is InChI=1S/C30H48.C24H38.C17H26.B/c1-21-5-13-29(14-6-21)30-15-11-27(12-16-30)19-25-7-9-26(10-8-25)20-28-17-22(2)24(4)23(3)18-28;1-17-5-7-21(8-6-17)15-22-9-11-23(12-10-22)16-24-13-18(2)20(4)19(3)14-24;1-12-5-7-16(8-6-12)11-17-9-13(2)15(4)14(3)10-17;/h17-18,21,25-27,29-30H,5-16,19-20H2,1-4H3;13-14,17,21-23H,5-12,15-16H2,1-4H3;9-10,12,16H,5-8,11H2,1-4H3;. The molecular weight excluding hydrogens is 864 g/mol. The van der Waals surface area contributed by atoms with Gasteiger partial charge >= 0.3 is 0 Å². The molecule has 0 spiro atoms. The first-order valence-electron chi connectivity index (χ1n) is 31.2. The summed E-state index contributed by atoms with van der Waals surface area (Å²) in [6.07, 6.45) is 43.1. The van der Waals surface area contributed by atoms with Crippen molar-refractivity contribution < 1.29 is 0 Å². The molecule has 9 rings (SSSR count). The van der Waals surface area contributed by atoms with Crippen LogP contribution in [0.15, 0.2) is 36.4 Å². The van der Waals surface area contributed by atoms with Crippen LogP contribution in [0.1, 0.15) is 254 Å². The van der Waals surface area contributed by atoms with E-state index in [9.17, 15) is 0 Å². The normalized spacial score (nSPS) is 31.0. The molecule has 0 bridgehead atoms. The van der Waals surface area contributed by atoms with Gasteiger partial charge in [0, 0.05) is 8.41 Å². The van der Waals surface area contributed by atoms with E-state index in [0.717, 1.165) is 71.0 Å². The van der Waals surface area contributed by atoms with Crippen molar-refractivity contribution in [1.82, 2.24) is 0 Å². The average Bonchev–Trinajstić information content (AvgIpc) is 3.35.